The minimum Gasteiger partial charge on any atom is -0.398 e. The van der Waals surface area contributed by atoms with Crippen LogP contribution in [0.15, 0.2) is 18.2 Å². The molecule has 1 aromatic rings. The summed E-state index contributed by atoms with van der Waals surface area (Å²) in [5.74, 6) is -0.244. The van der Waals surface area contributed by atoms with Crippen LogP contribution in [0.5, 0.6) is 0 Å². The number of nitrogens with zero attached hydrogens (tertiary/aromatic N) is 1. The lowest BCUT2D eigenvalue weighted by atomic mass is 10.2. The second-order valence-electron chi connectivity index (χ2n) is 3.77. The number of rotatable bonds is 2. The number of hydrogen-bond donors (Lipinski definition) is 2. The zero-order chi connectivity index (χ0) is 12.3. The topological polar surface area (TPSA) is 67.6 Å². The van der Waals surface area contributed by atoms with E-state index in [-0.39, 0.29) is 5.91 Å². The zero-order valence-electron chi connectivity index (χ0n) is 9.28. The second-order valence-corrected chi connectivity index (χ2v) is 4.21. The van der Waals surface area contributed by atoms with Crippen LogP contribution in [0.4, 0.5) is 5.69 Å². The molecule has 0 spiro atoms. The van der Waals surface area contributed by atoms with Crippen LogP contribution in [0, 0.1) is 0 Å². The van der Waals surface area contributed by atoms with Gasteiger partial charge in [0.25, 0.3) is 5.91 Å². The van der Waals surface area contributed by atoms with Crippen LogP contribution in [0.1, 0.15) is 10.4 Å². The number of nitrogens with one attached hydrogen (secondary N) is 1. The van der Waals surface area contributed by atoms with Crippen molar-refractivity contribution in [2.45, 2.75) is 0 Å². The monoisotopic (exact) mass is 255 g/mol. The molecule has 2 rings (SSSR count). The fourth-order valence-corrected chi connectivity index (χ4v) is 1.78. The molecule has 1 aromatic carbocycles. The van der Waals surface area contributed by atoms with Gasteiger partial charge in [-0.3, -0.25) is 10.2 Å². The van der Waals surface area contributed by atoms with Crippen molar-refractivity contribution in [3.8, 4) is 0 Å². The molecular formula is C11H14ClN3O2. The van der Waals surface area contributed by atoms with Crippen molar-refractivity contribution in [2.75, 3.05) is 32.0 Å². The molecule has 5 nitrogen and oxygen atoms in total. The van der Waals surface area contributed by atoms with E-state index in [4.69, 9.17) is 22.1 Å². The molecule has 0 unspecified atom stereocenters. The van der Waals surface area contributed by atoms with Crippen LogP contribution in [0.2, 0.25) is 5.02 Å². The van der Waals surface area contributed by atoms with Gasteiger partial charge >= 0.3 is 0 Å². The predicted molar refractivity (Wildman–Crippen MR) is 65.7 cm³/mol. The first-order valence-electron chi connectivity index (χ1n) is 5.35. The molecule has 1 amide bonds. The van der Waals surface area contributed by atoms with Crippen molar-refractivity contribution in [2.24, 2.45) is 0 Å². The summed E-state index contributed by atoms with van der Waals surface area (Å²) in [6.45, 7) is 2.58. The van der Waals surface area contributed by atoms with Gasteiger partial charge in [-0.2, -0.15) is 0 Å². The average Bonchev–Trinajstić information content (AvgIpc) is 2.33. The van der Waals surface area contributed by atoms with Crippen LogP contribution in [0.3, 0.4) is 0 Å². The van der Waals surface area contributed by atoms with E-state index in [1.54, 1.807) is 18.2 Å². The summed E-state index contributed by atoms with van der Waals surface area (Å²) in [6, 6.07) is 4.84. The summed E-state index contributed by atoms with van der Waals surface area (Å²) in [6.07, 6.45) is 0. The number of hydrogen-bond acceptors (Lipinski definition) is 4. The number of nitrogens with two attached hydrogens (primary N) is 1. The highest BCUT2D eigenvalue weighted by molar-refractivity contribution is 6.31. The molecule has 0 bridgehead atoms. The zero-order valence-corrected chi connectivity index (χ0v) is 10.0. The fraction of sp³-hybridized carbons (Fsp3) is 0.364. The van der Waals surface area contributed by atoms with Crippen molar-refractivity contribution in [3.05, 3.63) is 28.8 Å². The van der Waals surface area contributed by atoms with Crippen molar-refractivity contribution in [1.82, 2.24) is 10.4 Å². The predicted octanol–water partition coefficient (Wildman–Crippen LogP) is 0.899. The first-order valence-corrected chi connectivity index (χ1v) is 5.73. The molecule has 3 N–H and O–H groups in total. The number of amides is 1. The third-order valence-corrected chi connectivity index (χ3v) is 2.77. The Kier molecular flexibility index (Phi) is 3.83. The number of nitrogen functional groups attached to an aromatic ring is 1. The minimum absolute atomic E-state index is 0.244. The normalized spacial score (nSPS) is 16.8. The van der Waals surface area contributed by atoms with Gasteiger partial charge in [0, 0.05) is 23.8 Å². The van der Waals surface area contributed by atoms with Crippen molar-refractivity contribution < 1.29 is 9.53 Å². The van der Waals surface area contributed by atoms with Gasteiger partial charge in [-0.15, -0.1) is 0 Å². The molecule has 1 fully saturated rings. The van der Waals surface area contributed by atoms with Gasteiger partial charge in [-0.25, -0.2) is 5.01 Å². The maximum absolute atomic E-state index is 12.0. The number of benzene rings is 1. The minimum atomic E-state index is -0.244. The van der Waals surface area contributed by atoms with Crippen LogP contribution in [0.25, 0.3) is 0 Å². The number of carbonyl (C=O) groups excluding carboxylic acids is 1. The number of anilines is 1. The third-order valence-electron chi connectivity index (χ3n) is 2.53. The van der Waals surface area contributed by atoms with E-state index in [9.17, 15) is 4.79 Å². The summed E-state index contributed by atoms with van der Waals surface area (Å²) in [7, 11) is 0. The lowest BCUT2D eigenvalue weighted by Crippen LogP contribution is -2.48. The maximum atomic E-state index is 12.0. The molecule has 1 saturated heterocycles. The van der Waals surface area contributed by atoms with Gasteiger partial charge in [0.2, 0.25) is 0 Å². The third kappa shape index (κ3) is 3.09. The molecule has 0 aliphatic carbocycles. The molecule has 17 heavy (non-hydrogen) atoms. The average molecular weight is 256 g/mol. The first-order chi connectivity index (χ1) is 8.16. The van der Waals surface area contributed by atoms with E-state index in [0.717, 1.165) is 0 Å². The van der Waals surface area contributed by atoms with E-state index < -0.39 is 0 Å². The Morgan fingerprint density at radius 2 is 2.12 bits per heavy atom. The second kappa shape index (κ2) is 5.35. The molecule has 0 atom stereocenters. The summed E-state index contributed by atoms with van der Waals surface area (Å²) < 4.78 is 5.19. The van der Waals surface area contributed by atoms with Gasteiger partial charge < -0.3 is 10.5 Å². The van der Waals surface area contributed by atoms with E-state index in [0.29, 0.717) is 42.6 Å². The molecule has 1 aliphatic rings. The molecule has 0 radical (unpaired) electrons. The first kappa shape index (κ1) is 12.2. The smallest absolute Gasteiger partial charge is 0.267 e. The lowest BCUT2D eigenvalue weighted by molar-refractivity contribution is 0.0126. The Hall–Kier alpha value is -1.30. The summed E-state index contributed by atoms with van der Waals surface area (Å²) in [5, 5.41) is 2.30. The Morgan fingerprint density at radius 3 is 2.82 bits per heavy atom. The van der Waals surface area contributed by atoms with Gasteiger partial charge in [0.15, 0.2) is 0 Å². The van der Waals surface area contributed by atoms with Gasteiger partial charge in [-0.1, -0.05) is 11.6 Å². The molecule has 6 heteroatoms. The number of hydrazine groups is 1. The van der Waals surface area contributed by atoms with Gasteiger partial charge in [0.05, 0.1) is 18.8 Å². The van der Waals surface area contributed by atoms with E-state index in [1.807, 2.05) is 5.01 Å². The molecule has 0 aromatic heterocycles. The van der Waals surface area contributed by atoms with Crippen LogP contribution in [-0.2, 0) is 4.74 Å². The van der Waals surface area contributed by atoms with Crippen molar-refractivity contribution >= 4 is 23.2 Å². The number of morpholine rings is 1. The highest BCUT2D eigenvalue weighted by Gasteiger charge is 2.16. The van der Waals surface area contributed by atoms with E-state index in [1.165, 1.54) is 0 Å². The van der Waals surface area contributed by atoms with Gasteiger partial charge in [0.1, 0.15) is 0 Å². The molecule has 92 valence electrons. The number of carbonyl (C=O) groups is 1. The van der Waals surface area contributed by atoms with Crippen LogP contribution >= 0.6 is 11.6 Å². The summed E-state index contributed by atoms with van der Waals surface area (Å²) >= 11 is 5.83. The Bertz CT molecular complexity index is 419. The summed E-state index contributed by atoms with van der Waals surface area (Å²) in [5.41, 5.74) is 9.32. The van der Waals surface area contributed by atoms with Gasteiger partial charge in [-0.05, 0) is 18.2 Å². The van der Waals surface area contributed by atoms with Crippen LogP contribution < -0.4 is 11.2 Å². The lowest BCUT2D eigenvalue weighted by Gasteiger charge is -2.27. The quantitative estimate of drug-likeness (QED) is 0.771. The maximum Gasteiger partial charge on any atom is 0.267 e. The summed E-state index contributed by atoms with van der Waals surface area (Å²) in [4.78, 5) is 12.0. The van der Waals surface area contributed by atoms with Crippen LogP contribution in [-0.4, -0.2) is 37.2 Å². The molecular weight excluding hydrogens is 242 g/mol. The SMILES string of the molecule is Nc1ccc(Cl)cc1C(=O)NN1CCOCC1. The number of halogens is 1. The Morgan fingerprint density at radius 1 is 1.41 bits per heavy atom. The highest BCUT2D eigenvalue weighted by Crippen LogP contribution is 2.17. The molecule has 0 saturated carbocycles. The largest absolute Gasteiger partial charge is 0.398 e. The highest BCUT2D eigenvalue weighted by atomic mass is 35.5. The molecule has 1 heterocycles. The van der Waals surface area contributed by atoms with E-state index in [2.05, 4.69) is 5.43 Å². The Balaban J connectivity index is 2.05. The fourth-order valence-electron chi connectivity index (χ4n) is 1.60. The van der Waals surface area contributed by atoms with Crippen molar-refractivity contribution in [1.29, 1.82) is 0 Å². The van der Waals surface area contributed by atoms with E-state index >= 15 is 0 Å². The standard InChI is InChI=1S/C11H14ClN3O2/c12-8-1-2-10(13)9(7-8)11(16)14-15-3-5-17-6-4-15/h1-2,7H,3-6,13H2,(H,14,16). The Labute approximate surface area is 104 Å². The number of ether oxygens (including phenoxy) is 1. The molecule has 1 aliphatic heterocycles. The van der Waals surface area contributed by atoms with Crippen molar-refractivity contribution in [3.63, 3.8) is 0 Å².